The van der Waals surface area contributed by atoms with Crippen LogP contribution < -0.4 is 14.8 Å². The van der Waals surface area contributed by atoms with Crippen molar-refractivity contribution < 1.29 is 23.8 Å². The van der Waals surface area contributed by atoms with Crippen molar-refractivity contribution in [2.75, 3.05) is 6.79 Å². The first-order valence-electron chi connectivity index (χ1n) is 7.24. The standard InChI is InChI=1S/C16H15ClN2O5/c1-9(24-16(21)12-5-11(17)7-18-12)15(20)19-6-10-2-3-13-14(4-10)23-8-22-13/h2-5,7,9,18H,6,8H2,1H3,(H,19,20)/t9-/m1/s1. The van der Waals surface area contributed by atoms with E-state index in [4.69, 9.17) is 25.8 Å². The van der Waals surface area contributed by atoms with E-state index in [-0.39, 0.29) is 19.0 Å². The van der Waals surface area contributed by atoms with Gasteiger partial charge in [-0.1, -0.05) is 17.7 Å². The van der Waals surface area contributed by atoms with Gasteiger partial charge in [0.15, 0.2) is 17.6 Å². The highest BCUT2D eigenvalue weighted by atomic mass is 35.5. The van der Waals surface area contributed by atoms with E-state index in [2.05, 4.69) is 10.3 Å². The molecule has 1 amide bonds. The zero-order chi connectivity index (χ0) is 17.1. The molecular formula is C16H15ClN2O5. The molecule has 2 aromatic rings. The van der Waals surface area contributed by atoms with E-state index >= 15 is 0 Å². The Labute approximate surface area is 142 Å². The second-order valence-corrected chi connectivity index (χ2v) is 5.62. The number of carbonyl (C=O) groups is 2. The Morgan fingerprint density at radius 1 is 1.33 bits per heavy atom. The number of ether oxygens (including phenoxy) is 3. The molecule has 7 nitrogen and oxygen atoms in total. The Hall–Kier alpha value is -2.67. The van der Waals surface area contributed by atoms with Crippen LogP contribution in [0.3, 0.4) is 0 Å². The Morgan fingerprint density at radius 3 is 2.88 bits per heavy atom. The third-order valence-corrected chi connectivity index (χ3v) is 3.64. The molecule has 0 aliphatic carbocycles. The summed E-state index contributed by atoms with van der Waals surface area (Å²) in [6.07, 6.45) is 0.524. The van der Waals surface area contributed by atoms with Gasteiger partial charge in [0.2, 0.25) is 6.79 Å². The van der Waals surface area contributed by atoms with Gasteiger partial charge in [0, 0.05) is 12.7 Å². The van der Waals surface area contributed by atoms with Gasteiger partial charge >= 0.3 is 5.97 Å². The minimum Gasteiger partial charge on any atom is -0.454 e. The molecule has 1 aliphatic rings. The maximum atomic E-state index is 12.0. The molecule has 0 unspecified atom stereocenters. The summed E-state index contributed by atoms with van der Waals surface area (Å²) >= 11 is 5.72. The van der Waals surface area contributed by atoms with Crippen molar-refractivity contribution in [3.05, 3.63) is 46.7 Å². The minimum absolute atomic E-state index is 0.190. The number of aromatic nitrogens is 1. The largest absolute Gasteiger partial charge is 0.454 e. The van der Waals surface area contributed by atoms with Crippen LogP contribution in [0, 0.1) is 0 Å². The number of nitrogens with one attached hydrogen (secondary N) is 2. The maximum Gasteiger partial charge on any atom is 0.355 e. The summed E-state index contributed by atoms with van der Waals surface area (Å²) in [7, 11) is 0. The normalized spacial score (nSPS) is 13.4. The van der Waals surface area contributed by atoms with Crippen LogP contribution in [0.25, 0.3) is 0 Å². The summed E-state index contributed by atoms with van der Waals surface area (Å²) in [4.78, 5) is 26.6. The van der Waals surface area contributed by atoms with Crippen molar-refractivity contribution in [3.8, 4) is 11.5 Å². The van der Waals surface area contributed by atoms with Gasteiger partial charge in [0.1, 0.15) is 5.69 Å². The lowest BCUT2D eigenvalue weighted by atomic mass is 10.2. The molecule has 0 saturated heterocycles. The molecular weight excluding hydrogens is 336 g/mol. The van der Waals surface area contributed by atoms with Gasteiger partial charge in [0.05, 0.1) is 5.02 Å². The van der Waals surface area contributed by atoms with Gasteiger partial charge in [-0.05, 0) is 30.7 Å². The average molecular weight is 351 g/mol. The zero-order valence-electron chi connectivity index (χ0n) is 12.8. The second kappa shape index (κ2) is 6.84. The number of carbonyl (C=O) groups excluding carboxylic acids is 2. The van der Waals surface area contributed by atoms with E-state index in [1.165, 1.54) is 19.2 Å². The number of amides is 1. The minimum atomic E-state index is -0.936. The first-order chi connectivity index (χ1) is 11.5. The number of hydrogen-bond acceptors (Lipinski definition) is 5. The lowest BCUT2D eigenvalue weighted by Crippen LogP contribution is -2.35. The van der Waals surface area contributed by atoms with Crippen molar-refractivity contribution in [2.45, 2.75) is 19.6 Å². The molecule has 0 bridgehead atoms. The first kappa shape index (κ1) is 16.2. The van der Waals surface area contributed by atoms with Crippen molar-refractivity contribution in [1.29, 1.82) is 0 Å². The Balaban J connectivity index is 1.52. The number of esters is 1. The molecule has 0 saturated carbocycles. The van der Waals surface area contributed by atoms with Crippen LogP contribution >= 0.6 is 11.6 Å². The van der Waals surface area contributed by atoms with E-state index in [1.807, 2.05) is 6.07 Å². The molecule has 0 spiro atoms. The number of hydrogen-bond donors (Lipinski definition) is 2. The molecule has 2 N–H and O–H groups in total. The van der Waals surface area contributed by atoms with E-state index in [1.54, 1.807) is 12.1 Å². The van der Waals surface area contributed by atoms with E-state index in [0.717, 1.165) is 5.56 Å². The summed E-state index contributed by atoms with van der Waals surface area (Å²) in [5.74, 6) is 0.271. The third kappa shape index (κ3) is 3.62. The maximum absolute atomic E-state index is 12.0. The smallest absolute Gasteiger partial charge is 0.355 e. The van der Waals surface area contributed by atoms with Crippen LogP contribution in [-0.2, 0) is 16.1 Å². The Bertz CT molecular complexity index is 774. The Morgan fingerprint density at radius 2 is 2.12 bits per heavy atom. The van der Waals surface area contributed by atoms with Crippen LogP contribution in [-0.4, -0.2) is 29.8 Å². The van der Waals surface area contributed by atoms with E-state index in [0.29, 0.717) is 16.5 Å². The van der Waals surface area contributed by atoms with Gasteiger partial charge in [-0.25, -0.2) is 4.79 Å². The molecule has 1 aromatic heterocycles. The van der Waals surface area contributed by atoms with Crippen molar-refractivity contribution in [1.82, 2.24) is 10.3 Å². The average Bonchev–Trinajstić information content (AvgIpc) is 3.20. The van der Waals surface area contributed by atoms with Gasteiger partial charge < -0.3 is 24.5 Å². The quantitative estimate of drug-likeness (QED) is 0.807. The number of halogens is 1. The fourth-order valence-electron chi connectivity index (χ4n) is 2.15. The molecule has 1 aromatic carbocycles. The number of aromatic amines is 1. The number of rotatable bonds is 5. The number of H-pyrrole nitrogens is 1. The first-order valence-corrected chi connectivity index (χ1v) is 7.62. The fourth-order valence-corrected chi connectivity index (χ4v) is 2.31. The SMILES string of the molecule is C[C@@H](OC(=O)c1cc(Cl)c[nH]1)C(=O)NCc1ccc2c(c1)OCO2. The highest BCUT2D eigenvalue weighted by Gasteiger charge is 2.20. The lowest BCUT2D eigenvalue weighted by Gasteiger charge is -2.13. The lowest BCUT2D eigenvalue weighted by molar-refractivity contribution is -0.129. The van der Waals surface area contributed by atoms with E-state index in [9.17, 15) is 9.59 Å². The van der Waals surface area contributed by atoms with Gasteiger partial charge in [-0.3, -0.25) is 4.79 Å². The predicted molar refractivity (Wildman–Crippen MR) is 85.1 cm³/mol. The monoisotopic (exact) mass is 350 g/mol. The van der Waals surface area contributed by atoms with Gasteiger partial charge in [0.25, 0.3) is 5.91 Å². The predicted octanol–water partition coefficient (Wildman–Crippen LogP) is 2.26. The molecule has 1 aliphatic heterocycles. The van der Waals surface area contributed by atoms with Crippen LogP contribution in [0.5, 0.6) is 11.5 Å². The van der Waals surface area contributed by atoms with Crippen LogP contribution in [0.2, 0.25) is 5.02 Å². The highest BCUT2D eigenvalue weighted by Crippen LogP contribution is 2.32. The van der Waals surface area contributed by atoms with Crippen molar-refractivity contribution in [3.63, 3.8) is 0 Å². The van der Waals surface area contributed by atoms with E-state index < -0.39 is 18.0 Å². The third-order valence-electron chi connectivity index (χ3n) is 3.42. The number of benzene rings is 1. The molecule has 0 radical (unpaired) electrons. The van der Waals surface area contributed by atoms with Crippen LogP contribution in [0.4, 0.5) is 0 Å². The highest BCUT2D eigenvalue weighted by molar-refractivity contribution is 6.30. The molecule has 8 heteroatoms. The topological polar surface area (TPSA) is 89.7 Å². The number of fused-ring (bicyclic) bond motifs is 1. The summed E-state index contributed by atoms with van der Waals surface area (Å²) in [5, 5.41) is 3.09. The Kier molecular flexibility index (Phi) is 4.61. The molecule has 126 valence electrons. The summed E-state index contributed by atoms with van der Waals surface area (Å²) in [6, 6.07) is 6.83. The summed E-state index contributed by atoms with van der Waals surface area (Å²) in [6.45, 7) is 1.98. The van der Waals surface area contributed by atoms with Gasteiger partial charge in [-0.2, -0.15) is 0 Å². The zero-order valence-corrected chi connectivity index (χ0v) is 13.6. The van der Waals surface area contributed by atoms with Crippen LogP contribution in [0.1, 0.15) is 23.0 Å². The van der Waals surface area contributed by atoms with Crippen LogP contribution in [0.15, 0.2) is 30.5 Å². The molecule has 2 heterocycles. The van der Waals surface area contributed by atoms with Crippen molar-refractivity contribution >= 4 is 23.5 Å². The summed E-state index contributed by atoms with van der Waals surface area (Å²) in [5.41, 5.74) is 1.04. The molecule has 3 rings (SSSR count). The molecule has 24 heavy (non-hydrogen) atoms. The summed E-state index contributed by atoms with van der Waals surface area (Å²) < 4.78 is 15.6. The van der Waals surface area contributed by atoms with Crippen molar-refractivity contribution in [2.24, 2.45) is 0 Å². The molecule has 1 atom stereocenters. The van der Waals surface area contributed by atoms with Gasteiger partial charge in [-0.15, -0.1) is 0 Å². The molecule has 0 fully saturated rings. The second-order valence-electron chi connectivity index (χ2n) is 5.18. The fraction of sp³-hybridized carbons (Fsp3) is 0.250.